The maximum atomic E-state index is 12.9. The Morgan fingerprint density at radius 3 is 2.74 bits per heavy atom. The third kappa shape index (κ3) is 3.26. The number of amides is 1. The van der Waals surface area contributed by atoms with Crippen LogP contribution in [0.5, 0.6) is 0 Å². The number of pyridine rings is 1. The molecule has 0 spiro atoms. The van der Waals surface area contributed by atoms with E-state index in [0.717, 1.165) is 16.6 Å². The van der Waals surface area contributed by atoms with Crippen LogP contribution in [0.4, 0.5) is 0 Å². The average molecular weight is 307 g/mol. The van der Waals surface area contributed by atoms with E-state index in [1.807, 2.05) is 56.0 Å². The molecule has 1 aromatic carbocycles. The highest BCUT2D eigenvalue weighted by molar-refractivity contribution is 5.98. The van der Waals surface area contributed by atoms with E-state index < -0.39 is 0 Å². The summed E-state index contributed by atoms with van der Waals surface area (Å²) in [5.74, 6) is -0.000457. The lowest BCUT2D eigenvalue weighted by molar-refractivity contribution is 0.0682. The molecule has 0 atom stereocenters. The molecule has 1 N–H and O–H groups in total. The Labute approximate surface area is 136 Å². The van der Waals surface area contributed by atoms with E-state index in [9.17, 15) is 4.79 Å². The van der Waals surface area contributed by atoms with E-state index in [0.29, 0.717) is 12.2 Å². The Kier molecular flexibility index (Phi) is 4.15. The van der Waals surface area contributed by atoms with Gasteiger partial charge in [0, 0.05) is 23.1 Å². The lowest BCUT2D eigenvalue weighted by atomic mass is 10.2. The quantitative estimate of drug-likeness (QED) is 0.794. The number of aromatic amines is 1. The lowest BCUT2D eigenvalue weighted by Crippen LogP contribution is -2.36. The molecule has 0 aliphatic carbocycles. The van der Waals surface area contributed by atoms with Crippen LogP contribution in [-0.4, -0.2) is 26.8 Å². The van der Waals surface area contributed by atoms with Gasteiger partial charge in [0.25, 0.3) is 5.91 Å². The molecule has 2 heterocycles. The number of benzene rings is 1. The third-order valence-electron chi connectivity index (χ3n) is 3.95. The van der Waals surface area contributed by atoms with Crippen molar-refractivity contribution in [3.63, 3.8) is 0 Å². The Balaban J connectivity index is 1.90. The highest BCUT2D eigenvalue weighted by Crippen LogP contribution is 2.19. The van der Waals surface area contributed by atoms with Crippen molar-refractivity contribution < 1.29 is 4.79 Å². The number of fused-ring (bicyclic) bond motifs is 1. The predicted octanol–water partition coefficient (Wildman–Crippen LogP) is 3.92. The molecule has 0 bridgehead atoms. The van der Waals surface area contributed by atoms with Gasteiger partial charge in [-0.1, -0.05) is 18.2 Å². The number of nitrogens with zero attached hydrogens (tertiary/aromatic N) is 2. The minimum Gasteiger partial charge on any atom is -0.351 e. The molecule has 118 valence electrons. The molecular formula is C19H21N3O. The Hall–Kier alpha value is -2.62. The fraction of sp³-hybridized carbons (Fsp3) is 0.263. The molecule has 0 saturated heterocycles. The van der Waals surface area contributed by atoms with Crippen molar-refractivity contribution in [3.05, 3.63) is 65.6 Å². The van der Waals surface area contributed by atoms with Crippen LogP contribution in [0, 0.1) is 6.92 Å². The minimum absolute atomic E-state index is 0.000457. The van der Waals surface area contributed by atoms with E-state index in [-0.39, 0.29) is 11.9 Å². The summed E-state index contributed by atoms with van der Waals surface area (Å²) in [4.78, 5) is 22.3. The van der Waals surface area contributed by atoms with Crippen LogP contribution in [0.2, 0.25) is 0 Å². The van der Waals surface area contributed by atoms with Gasteiger partial charge in [-0.2, -0.15) is 0 Å². The van der Waals surface area contributed by atoms with Gasteiger partial charge in [-0.15, -0.1) is 0 Å². The van der Waals surface area contributed by atoms with Crippen LogP contribution in [0.3, 0.4) is 0 Å². The van der Waals surface area contributed by atoms with E-state index in [1.54, 1.807) is 6.20 Å². The first-order chi connectivity index (χ1) is 11.0. The highest BCUT2D eigenvalue weighted by Gasteiger charge is 2.21. The SMILES string of the molecule is Cc1ccc2cc(C(=O)N(Cc3ccccn3)C(C)C)[nH]c2c1. The van der Waals surface area contributed by atoms with Gasteiger partial charge in [-0.3, -0.25) is 9.78 Å². The molecule has 0 fully saturated rings. The summed E-state index contributed by atoms with van der Waals surface area (Å²) in [5.41, 5.74) is 3.68. The molecule has 3 aromatic rings. The molecule has 3 rings (SSSR count). The van der Waals surface area contributed by atoms with Crippen LogP contribution in [0.25, 0.3) is 10.9 Å². The predicted molar refractivity (Wildman–Crippen MR) is 92.3 cm³/mol. The van der Waals surface area contributed by atoms with Gasteiger partial charge in [-0.05, 0) is 50.6 Å². The van der Waals surface area contributed by atoms with E-state index in [2.05, 4.69) is 22.1 Å². The summed E-state index contributed by atoms with van der Waals surface area (Å²) in [5, 5.41) is 1.06. The zero-order chi connectivity index (χ0) is 16.4. The summed E-state index contributed by atoms with van der Waals surface area (Å²) in [7, 11) is 0. The number of hydrogen-bond donors (Lipinski definition) is 1. The Morgan fingerprint density at radius 1 is 1.22 bits per heavy atom. The van der Waals surface area contributed by atoms with Crippen LogP contribution < -0.4 is 0 Å². The molecule has 1 amide bonds. The summed E-state index contributed by atoms with van der Waals surface area (Å²) < 4.78 is 0. The fourth-order valence-electron chi connectivity index (χ4n) is 2.67. The van der Waals surface area contributed by atoms with Gasteiger partial charge < -0.3 is 9.88 Å². The van der Waals surface area contributed by atoms with Gasteiger partial charge in [0.15, 0.2) is 0 Å². The monoisotopic (exact) mass is 307 g/mol. The smallest absolute Gasteiger partial charge is 0.270 e. The fourth-order valence-corrected chi connectivity index (χ4v) is 2.67. The lowest BCUT2D eigenvalue weighted by Gasteiger charge is -2.26. The van der Waals surface area contributed by atoms with Crippen LogP contribution in [-0.2, 0) is 6.54 Å². The van der Waals surface area contributed by atoms with E-state index >= 15 is 0 Å². The molecule has 0 unspecified atom stereocenters. The summed E-state index contributed by atoms with van der Waals surface area (Å²) in [6.45, 7) is 6.59. The number of aromatic nitrogens is 2. The summed E-state index contributed by atoms with van der Waals surface area (Å²) >= 11 is 0. The van der Waals surface area contributed by atoms with E-state index in [1.165, 1.54) is 5.56 Å². The Morgan fingerprint density at radius 2 is 2.04 bits per heavy atom. The maximum Gasteiger partial charge on any atom is 0.270 e. The van der Waals surface area contributed by atoms with Gasteiger partial charge >= 0.3 is 0 Å². The largest absolute Gasteiger partial charge is 0.351 e. The normalized spacial score (nSPS) is 11.1. The van der Waals surface area contributed by atoms with Crippen LogP contribution in [0.1, 0.15) is 35.6 Å². The average Bonchev–Trinajstić information content (AvgIpc) is 2.95. The molecular weight excluding hydrogens is 286 g/mol. The molecule has 4 nitrogen and oxygen atoms in total. The van der Waals surface area contributed by atoms with Gasteiger partial charge in [-0.25, -0.2) is 0 Å². The molecule has 0 saturated carbocycles. The first-order valence-corrected chi connectivity index (χ1v) is 7.85. The second-order valence-corrected chi connectivity index (χ2v) is 6.12. The van der Waals surface area contributed by atoms with Crippen molar-refractivity contribution in [1.29, 1.82) is 0 Å². The first kappa shape index (κ1) is 15.3. The molecule has 0 radical (unpaired) electrons. The van der Waals surface area contributed by atoms with Crippen molar-refractivity contribution in [2.45, 2.75) is 33.4 Å². The van der Waals surface area contributed by atoms with Crippen LogP contribution in [0.15, 0.2) is 48.7 Å². The maximum absolute atomic E-state index is 12.9. The third-order valence-corrected chi connectivity index (χ3v) is 3.95. The topological polar surface area (TPSA) is 49.0 Å². The van der Waals surface area contributed by atoms with Gasteiger partial charge in [0.1, 0.15) is 5.69 Å². The number of carbonyl (C=O) groups is 1. The van der Waals surface area contributed by atoms with Crippen molar-refractivity contribution in [3.8, 4) is 0 Å². The number of H-pyrrole nitrogens is 1. The molecule has 4 heteroatoms. The van der Waals surface area contributed by atoms with Gasteiger partial charge in [0.05, 0.1) is 12.2 Å². The number of nitrogens with one attached hydrogen (secondary N) is 1. The second kappa shape index (κ2) is 6.24. The Bertz CT molecular complexity index is 821. The number of carbonyl (C=O) groups excluding carboxylic acids is 1. The molecule has 23 heavy (non-hydrogen) atoms. The van der Waals surface area contributed by atoms with Crippen molar-refractivity contribution in [1.82, 2.24) is 14.9 Å². The first-order valence-electron chi connectivity index (χ1n) is 7.85. The number of rotatable bonds is 4. The molecule has 0 aliphatic rings. The molecule has 0 aliphatic heterocycles. The van der Waals surface area contributed by atoms with Crippen molar-refractivity contribution in [2.75, 3.05) is 0 Å². The number of hydrogen-bond acceptors (Lipinski definition) is 2. The highest BCUT2D eigenvalue weighted by atomic mass is 16.2. The van der Waals surface area contributed by atoms with Gasteiger partial charge in [0.2, 0.25) is 0 Å². The minimum atomic E-state index is -0.000457. The van der Waals surface area contributed by atoms with Crippen molar-refractivity contribution >= 4 is 16.8 Å². The zero-order valence-corrected chi connectivity index (χ0v) is 13.7. The standard InChI is InChI=1S/C19H21N3O/c1-13(2)22(12-16-6-4-5-9-20-16)19(23)18-11-15-8-7-14(3)10-17(15)21-18/h4-11,13,21H,12H2,1-3H3. The molecule has 2 aromatic heterocycles. The van der Waals surface area contributed by atoms with E-state index in [4.69, 9.17) is 0 Å². The van der Waals surface area contributed by atoms with Crippen molar-refractivity contribution in [2.24, 2.45) is 0 Å². The van der Waals surface area contributed by atoms with Crippen LogP contribution >= 0.6 is 0 Å². The summed E-state index contributed by atoms with van der Waals surface area (Å²) in [6.07, 6.45) is 1.75. The summed E-state index contributed by atoms with van der Waals surface area (Å²) in [6, 6.07) is 13.9. The second-order valence-electron chi connectivity index (χ2n) is 6.12. The number of aryl methyl sites for hydroxylation is 1. The zero-order valence-electron chi connectivity index (χ0n) is 13.7.